The van der Waals surface area contributed by atoms with Gasteiger partial charge in [0.15, 0.2) is 0 Å². The van der Waals surface area contributed by atoms with Crippen molar-refractivity contribution >= 4 is 16.0 Å². The van der Waals surface area contributed by atoms with Crippen LogP contribution in [0, 0.1) is 12.7 Å². The van der Waals surface area contributed by atoms with E-state index in [1.54, 1.807) is 25.1 Å². The number of aryl methyl sites for hydroxylation is 2. The third-order valence-electron chi connectivity index (χ3n) is 4.99. The monoisotopic (exact) mass is 445 g/mol. The minimum Gasteiger partial charge on any atom is -0.465 e. The van der Waals surface area contributed by atoms with Crippen molar-refractivity contribution in [3.05, 3.63) is 71.2 Å². The van der Waals surface area contributed by atoms with E-state index in [1.165, 1.54) is 42.7 Å². The van der Waals surface area contributed by atoms with Crippen LogP contribution in [0.3, 0.4) is 0 Å². The molecule has 1 aromatic heterocycles. The van der Waals surface area contributed by atoms with Crippen molar-refractivity contribution in [2.24, 2.45) is 0 Å². The highest BCUT2D eigenvalue weighted by Gasteiger charge is 2.24. The molecule has 0 bridgehead atoms. The lowest BCUT2D eigenvalue weighted by Crippen LogP contribution is -2.29. The highest BCUT2D eigenvalue weighted by Crippen LogP contribution is 2.22. The first-order valence-corrected chi connectivity index (χ1v) is 11.1. The molecule has 0 aliphatic carbocycles. The van der Waals surface area contributed by atoms with Crippen LogP contribution >= 0.6 is 0 Å². The fourth-order valence-electron chi connectivity index (χ4n) is 3.16. The second kappa shape index (κ2) is 9.40. The number of benzene rings is 2. The number of carbonyl (C=O) groups excluding carboxylic acids is 1. The average molecular weight is 446 g/mol. The van der Waals surface area contributed by atoms with Crippen LogP contribution in [0.15, 0.2) is 53.4 Å². The molecule has 0 aliphatic heterocycles. The lowest BCUT2D eigenvalue weighted by Gasteiger charge is -2.19. The Hall–Kier alpha value is -3.04. The SMILES string of the molecule is COC(=O)c1ccc(C)c(S(=O)(=O)N(C)CCCc2cc(-c3ccc(F)cc3)n[nH]2)c1. The molecule has 31 heavy (non-hydrogen) atoms. The van der Waals surface area contributed by atoms with Crippen LogP contribution in [0.2, 0.25) is 0 Å². The molecule has 0 amide bonds. The second-order valence-corrected chi connectivity index (χ2v) is 9.20. The molecule has 3 rings (SSSR count). The largest absolute Gasteiger partial charge is 0.465 e. The number of rotatable bonds is 8. The van der Waals surface area contributed by atoms with Gasteiger partial charge in [-0.1, -0.05) is 6.07 Å². The van der Waals surface area contributed by atoms with Gasteiger partial charge < -0.3 is 4.74 Å². The first-order chi connectivity index (χ1) is 14.7. The van der Waals surface area contributed by atoms with E-state index in [9.17, 15) is 17.6 Å². The maximum absolute atomic E-state index is 13.1. The number of sulfonamides is 1. The van der Waals surface area contributed by atoms with Crippen LogP contribution in [0.25, 0.3) is 11.3 Å². The standard InChI is InChI=1S/C22H24FN3O4S/c1-15-6-7-17(22(27)30-3)13-21(15)31(28,29)26(2)12-4-5-19-14-20(25-24-19)16-8-10-18(23)11-9-16/h6-11,13-14H,4-5,12H2,1-3H3,(H,24,25). The van der Waals surface area contributed by atoms with E-state index in [4.69, 9.17) is 0 Å². The van der Waals surface area contributed by atoms with Gasteiger partial charge in [-0.3, -0.25) is 5.10 Å². The summed E-state index contributed by atoms with van der Waals surface area (Å²) < 4.78 is 45.0. The molecule has 0 saturated carbocycles. The summed E-state index contributed by atoms with van der Waals surface area (Å²) in [6, 6.07) is 12.4. The Labute approximate surface area is 180 Å². The van der Waals surface area contributed by atoms with E-state index in [0.717, 1.165) is 11.3 Å². The molecule has 164 valence electrons. The number of ether oxygens (including phenoxy) is 1. The molecule has 0 radical (unpaired) electrons. The number of methoxy groups -OCH3 is 1. The molecule has 0 fully saturated rings. The van der Waals surface area contributed by atoms with E-state index < -0.39 is 16.0 Å². The maximum Gasteiger partial charge on any atom is 0.337 e. The number of aromatic amines is 1. The summed E-state index contributed by atoms with van der Waals surface area (Å²) in [5.74, 6) is -0.897. The Bertz CT molecular complexity index is 1170. The quantitative estimate of drug-likeness (QED) is 0.535. The molecule has 1 heterocycles. The van der Waals surface area contributed by atoms with Gasteiger partial charge in [0.2, 0.25) is 10.0 Å². The third-order valence-corrected chi connectivity index (χ3v) is 6.99. The highest BCUT2D eigenvalue weighted by molar-refractivity contribution is 7.89. The molecule has 7 nitrogen and oxygen atoms in total. The van der Waals surface area contributed by atoms with Crippen molar-refractivity contribution in [1.29, 1.82) is 0 Å². The Morgan fingerprint density at radius 1 is 1.16 bits per heavy atom. The summed E-state index contributed by atoms with van der Waals surface area (Å²) in [6.07, 6.45) is 1.16. The Morgan fingerprint density at radius 2 is 1.87 bits per heavy atom. The Kier molecular flexibility index (Phi) is 6.87. The lowest BCUT2D eigenvalue weighted by molar-refractivity contribution is 0.0600. The summed E-state index contributed by atoms with van der Waals surface area (Å²) in [7, 11) is -1.01. The number of hydrogen-bond donors (Lipinski definition) is 1. The first kappa shape index (κ1) is 22.6. The maximum atomic E-state index is 13.1. The normalized spacial score (nSPS) is 11.6. The Balaban J connectivity index is 1.65. The fourth-order valence-corrected chi connectivity index (χ4v) is 4.62. The topological polar surface area (TPSA) is 92.4 Å². The zero-order valence-electron chi connectivity index (χ0n) is 17.6. The van der Waals surface area contributed by atoms with Crippen molar-refractivity contribution in [2.45, 2.75) is 24.7 Å². The second-order valence-electron chi connectivity index (χ2n) is 7.19. The lowest BCUT2D eigenvalue weighted by atomic mass is 10.1. The molecule has 0 spiro atoms. The molecule has 3 aromatic rings. The molecule has 0 atom stereocenters. The fraction of sp³-hybridized carbons (Fsp3) is 0.273. The van der Waals surface area contributed by atoms with E-state index >= 15 is 0 Å². The molecule has 2 aromatic carbocycles. The van der Waals surface area contributed by atoms with Gasteiger partial charge in [-0.05, 0) is 67.8 Å². The number of H-pyrrole nitrogens is 1. The minimum atomic E-state index is -3.77. The third kappa shape index (κ3) is 5.18. The zero-order chi connectivity index (χ0) is 22.6. The number of nitrogens with zero attached hydrogens (tertiary/aromatic N) is 2. The zero-order valence-corrected chi connectivity index (χ0v) is 18.4. The highest BCUT2D eigenvalue weighted by atomic mass is 32.2. The molecule has 1 N–H and O–H groups in total. The number of aromatic nitrogens is 2. The van der Waals surface area contributed by atoms with Gasteiger partial charge in [0.25, 0.3) is 0 Å². The van der Waals surface area contributed by atoms with Gasteiger partial charge >= 0.3 is 5.97 Å². The minimum absolute atomic E-state index is 0.0815. The average Bonchev–Trinajstić information content (AvgIpc) is 3.22. The number of nitrogens with one attached hydrogen (secondary N) is 1. The van der Waals surface area contributed by atoms with Gasteiger partial charge in [0.05, 0.1) is 23.3 Å². The van der Waals surface area contributed by atoms with Crippen LogP contribution in [0.5, 0.6) is 0 Å². The van der Waals surface area contributed by atoms with Gasteiger partial charge in [-0.15, -0.1) is 0 Å². The van der Waals surface area contributed by atoms with Crippen molar-refractivity contribution in [2.75, 3.05) is 20.7 Å². The molecule has 0 unspecified atom stereocenters. The number of carbonyl (C=O) groups is 1. The summed E-state index contributed by atoms with van der Waals surface area (Å²) in [5.41, 5.74) is 3.09. The molecular formula is C22H24FN3O4S. The van der Waals surface area contributed by atoms with Gasteiger partial charge in [-0.25, -0.2) is 21.9 Å². The van der Waals surface area contributed by atoms with Crippen LogP contribution in [0.4, 0.5) is 4.39 Å². The van der Waals surface area contributed by atoms with Crippen LogP contribution in [0.1, 0.15) is 28.0 Å². The van der Waals surface area contributed by atoms with Crippen molar-refractivity contribution in [1.82, 2.24) is 14.5 Å². The van der Waals surface area contributed by atoms with Gasteiger partial charge in [0, 0.05) is 24.8 Å². The summed E-state index contributed by atoms with van der Waals surface area (Å²) >= 11 is 0. The van der Waals surface area contributed by atoms with Gasteiger partial charge in [-0.2, -0.15) is 5.10 Å². The first-order valence-electron chi connectivity index (χ1n) is 9.68. The molecule has 9 heteroatoms. The van der Waals surface area contributed by atoms with E-state index in [-0.39, 0.29) is 22.8 Å². The van der Waals surface area contributed by atoms with Crippen molar-refractivity contribution < 1.29 is 22.3 Å². The van der Waals surface area contributed by atoms with Crippen LogP contribution < -0.4 is 0 Å². The predicted octanol–water partition coefficient (Wildman–Crippen LogP) is 3.56. The number of esters is 1. The van der Waals surface area contributed by atoms with E-state index in [1.807, 2.05) is 6.07 Å². The van der Waals surface area contributed by atoms with Crippen LogP contribution in [-0.2, 0) is 21.2 Å². The summed E-state index contributed by atoms with van der Waals surface area (Å²) in [6.45, 7) is 1.97. The number of hydrogen-bond acceptors (Lipinski definition) is 5. The summed E-state index contributed by atoms with van der Waals surface area (Å²) in [5, 5.41) is 7.17. The van der Waals surface area contributed by atoms with Gasteiger partial charge in [0.1, 0.15) is 5.82 Å². The molecular weight excluding hydrogens is 421 g/mol. The summed E-state index contributed by atoms with van der Waals surface area (Å²) in [4.78, 5) is 11.8. The predicted molar refractivity (Wildman–Crippen MR) is 115 cm³/mol. The van der Waals surface area contributed by atoms with E-state index in [0.29, 0.717) is 24.1 Å². The molecule has 0 aliphatic rings. The number of halogens is 1. The van der Waals surface area contributed by atoms with E-state index in [2.05, 4.69) is 14.9 Å². The molecule has 0 saturated heterocycles. The van der Waals surface area contributed by atoms with Crippen molar-refractivity contribution in [3.63, 3.8) is 0 Å². The van der Waals surface area contributed by atoms with Crippen molar-refractivity contribution in [3.8, 4) is 11.3 Å². The smallest absolute Gasteiger partial charge is 0.337 e. The van der Waals surface area contributed by atoms with Crippen LogP contribution in [-0.4, -0.2) is 49.6 Å². The Morgan fingerprint density at radius 3 is 2.55 bits per heavy atom.